The maximum absolute atomic E-state index is 12.3. The summed E-state index contributed by atoms with van der Waals surface area (Å²) in [5.41, 5.74) is 5.27. The molecule has 1 saturated heterocycles. The van der Waals surface area contributed by atoms with Gasteiger partial charge in [-0.3, -0.25) is 0 Å². The molecule has 0 amide bonds. The van der Waals surface area contributed by atoms with Crippen molar-refractivity contribution in [1.82, 2.24) is 4.81 Å². The summed E-state index contributed by atoms with van der Waals surface area (Å²) in [4.78, 5) is 1.40. The quantitative estimate of drug-likeness (QED) is 0.411. The van der Waals surface area contributed by atoms with Crippen molar-refractivity contribution < 1.29 is 4.39 Å². The number of nitrogens with zero attached hydrogens (tertiary/aromatic N) is 1. The average molecular weight is 114 g/mol. The largest absolute Gasteiger partial charge is 0.350 e. The minimum atomic E-state index is -0.931. The van der Waals surface area contributed by atoms with E-state index in [0.29, 0.717) is 6.54 Å². The van der Waals surface area contributed by atoms with Crippen LogP contribution in [0.15, 0.2) is 0 Å². The summed E-state index contributed by atoms with van der Waals surface area (Å²) in [7, 11) is 5.23. The molecule has 0 saturated carbocycles. The van der Waals surface area contributed by atoms with Gasteiger partial charge >= 0.3 is 0 Å². The lowest BCUT2D eigenvalue weighted by atomic mass is 10.2. The molecular weight excluding hydrogens is 106 g/mol. The van der Waals surface area contributed by atoms with Crippen molar-refractivity contribution in [3.63, 3.8) is 0 Å². The third-order valence-corrected chi connectivity index (χ3v) is 1.32. The van der Waals surface area contributed by atoms with E-state index in [1.807, 2.05) is 0 Å². The maximum Gasteiger partial charge on any atom is 0.182 e. The van der Waals surface area contributed by atoms with E-state index in [4.69, 9.17) is 13.7 Å². The molecule has 0 aromatic carbocycles. The number of nitrogens with two attached hydrogens (primary N) is 1. The first kappa shape index (κ1) is 6.04. The van der Waals surface area contributed by atoms with Crippen molar-refractivity contribution in [2.24, 2.45) is 5.73 Å². The number of halogens is 1. The molecule has 0 bridgehead atoms. The van der Waals surface area contributed by atoms with Gasteiger partial charge in [0.25, 0.3) is 0 Å². The van der Waals surface area contributed by atoms with Gasteiger partial charge < -0.3 is 10.5 Å². The predicted octanol–water partition coefficient (Wildman–Crippen LogP) is -0.949. The van der Waals surface area contributed by atoms with Crippen molar-refractivity contribution >= 4 is 7.98 Å². The van der Waals surface area contributed by atoms with Crippen LogP contribution in [-0.4, -0.2) is 38.1 Å². The second-order valence-corrected chi connectivity index (χ2v) is 2.13. The molecule has 44 valence electrons. The number of hydrogen-bond acceptors (Lipinski definition) is 2. The summed E-state index contributed by atoms with van der Waals surface area (Å²) in [5, 5.41) is 0. The van der Waals surface area contributed by atoms with Gasteiger partial charge in [-0.2, -0.15) is 0 Å². The Balaban J connectivity index is 2.39. The first-order valence-corrected chi connectivity index (χ1v) is 2.59. The first-order chi connectivity index (χ1) is 3.70. The molecule has 0 aliphatic carbocycles. The molecule has 1 aliphatic heterocycles. The van der Waals surface area contributed by atoms with E-state index in [-0.39, 0.29) is 12.6 Å². The lowest BCUT2D eigenvalue weighted by molar-refractivity contribution is 0.324. The van der Waals surface area contributed by atoms with E-state index < -0.39 is 6.17 Å². The van der Waals surface area contributed by atoms with Crippen molar-refractivity contribution in [3.05, 3.63) is 0 Å². The minimum Gasteiger partial charge on any atom is -0.350 e. The van der Waals surface area contributed by atoms with E-state index >= 15 is 0 Å². The zero-order chi connectivity index (χ0) is 6.15. The molecule has 0 aromatic rings. The zero-order valence-corrected chi connectivity index (χ0v) is 4.55. The van der Waals surface area contributed by atoms with Crippen molar-refractivity contribution in [2.45, 2.75) is 12.2 Å². The van der Waals surface area contributed by atoms with Gasteiger partial charge in [0.1, 0.15) is 6.17 Å². The van der Waals surface area contributed by atoms with E-state index in [0.717, 1.165) is 0 Å². The van der Waals surface area contributed by atoms with Crippen LogP contribution >= 0.6 is 0 Å². The number of alkyl halides is 1. The lowest BCUT2D eigenvalue weighted by Gasteiger charge is -2.03. The Kier molecular flexibility index (Phi) is 1.53. The third kappa shape index (κ3) is 1.01. The zero-order valence-electron chi connectivity index (χ0n) is 4.55. The topological polar surface area (TPSA) is 29.3 Å². The molecule has 1 aliphatic rings. The summed E-state index contributed by atoms with van der Waals surface area (Å²) in [5.74, 6) is 0. The van der Waals surface area contributed by atoms with Crippen LogP contribution in [0, 0.1) is 0 Å². The summed E-state index contributed by atoms with van der Waals surface area (Å²) in [6.45, 7) is 0.752. The molecule has 0 aromatic heterocycles. The molecule has 2 atom stereocenters. The highest BCUT2D eigenvalue weighted by atomic mass is 19.1. The van der Waals surface area contributed by atoms with Crippen molar-refractivity contribution in [3.8, 4) is 0 Å². The Morgan fingerprint density at radius 1 is 1.62 bits per heavy atom. The molecule has 4 heteroatoms. The highest BCUT2D eigenvalue weighted by Crippen LogP contribution is 2.07. The molecule has 1 fully saturated rings. The summed E-state index contributed by atoms with van der Waals surface area (Å²) < 4.78 is 12.3. The van der Waals surface area contributed by atoms with Gasteiger partial charge in [-0.25, -0.2) is 4.39 Å². The summed E-state index contributed by atoms with van der Waals surface area (Å²) in [6, 6.07) is -0.375. The molecule has 1 rings (SSSR count). The van der Waals surface area contributed by atoms with Crippen LogP contribution in [0.2, 0.25) is 0 Å². The monoisotopic (exact) mass is 114 g/mol. The molecule has 8 heavy (non-hydrogen) atoms. The van der Waals surface area contributed by atoms with Gasteiger partial charge in [0.05, 0.1) is 0 Å². The summed E-state index contributed by atoms with van der Waals surface area (Å²) in [6.07, 6.45) is -0.931. The van der Waals surface area contributed by atoms with E-state index in [2.05, 4.69) is 0 Å². The highest BCUT2D eigenvalue weighted by Gasteiger charge is 2.26. The Hall–Kier alpha value is -0.0851. The molecule has 2 nitrogen and oxygen atoms in total. The molecule has 1 heterocycles. The van der Waals surface area contributed by atoms with Crippen LogP contribution in [-0.2, 0) is 0 Å². The van der Waals surface area contributed by atoms with Crippen molar-refractivity contribution in [2.75, 3.05) is 13.1 Å². The van der Waals surface area contributed by atoms with E-state index in [1.54, 1.807) is 0 Å². The van der Waals surface area contributed by atoms with Crippen LogP contribution in [0.25, 0.3) is 0 Å². The van der Waals surface area contributed by atoms with Crippen LogP contribution in [0.4, 0.5) is 4.39 Å². The van der Waals surface area contributed by atoms with Crippen LogP contribution < -0.4 is 5.73 Å². The molecule has 2 N–H and O–H groups in total. The second kappa shape index (κ2) is 2.03. The Labute approximate surface area is 49.3 Å². The number of hydrogen-bond donors (Lipinski definition) is 1. The van der Waals surface area contributed by atoms with Gasteiger partial charge in [-0.1, -0.05) is 0 Å². The van der Waals surface area contributed by atoms with Crippen LogP contribution in [0.5, 0.6) is 0 Å². The first-order valence-electron chi connectivity index (χ1n) is 2.59. The van der Waals surface area contributed by atoms with Crippen molar-refractivity contribution in [1.29, 1.82) is 0 Å². The number of rotatable bonds is 0. The maximum atomic E-state index is 12.3. The highest BCUT2D eigenvalue weighted by molar-refractivity contribution is 6.04. The molecular formula is C4H8BFN2. The van der Waals surface area contributed by atoms with Gasteiger partial charge in [0.15, 0.2) is 7.98 Å². The fourth-order valence-corrected chi connectivity index (χ4v) is 0.819. The standard InChI is InChI=1S/C4H8BFN2/c5-8-1-3(6)4(7)2-8/h3-4H,1-2,7H2/t3-,4?/m0/s1. The van der Waals surface area contributed by atoms with E-state index in [1.165, 1.54) is 4.81 Å². The normalized spacial score (nSPS) is 40.8. The Bertz CT molecular complexity index is 80.1. The van der Waals surface area contributed by atoms with Gasteiger partial charge in [0.2, 0.25) is 0 Å². The molecule has 0 spiro atoms. The Morgan fingerprint density at radius 3 is 2.38 bits per heavy atom. The SMILES string of the molecule is [B]N1CC(N)[C@@H](F)C1. The van der Waals surface area contributed by atoms with E-state index in [9.17, 15) is 4.39 Å². The van der Waals surface area contributed by atoms with Crippen LogP contribution in [0.1, 0.15) is 0 Å². The average Bonchev–Trinajstić information content (AvgIpc) is 1.85. The minimum absolute atomic E-state index is 0.279. The fourth-order valence-electron chi connectivity index (χ4n) is 0.819. The Morgan fingerprint density at radius 2 is 2.25 bits per heavy atom. The predicted molar refractivity (Wildman–Crippen MR) is 30.2 cm³/mol. The van der Waals surface area contributed by atoms with Gasteiger partial charge in [0, 0.05) is 19.1 Å². The third-order valence-electron chi connectivity index (χ3n) is 1.32. The fraction of sp³-hybridized carbons (Fsp3) is 1.00. The van der Waals surface area contributed by atoms with Crippen LogP contribution in [0.3, 0.4) is 0 Å². The lowest BCUT2D eigenvalue weighted by Crippen LogP contribution is -2.30. The van der Waals surface area contributed by atoms with Gasteiger partial charge in [-0.15, -0.1) is 0 Å². The van der Waals surface area contributed by atoms with Gasteiger partial charge in [-0.05, 0) is 0 Å². The molecule has 1 unspecified atom stereocenters. The second-order valence-electron chi connectivity index (χ2n) is 2.13. The summed E-state index contributed by atoms with van der Waals surface area (Å²) >= 11 is 0. The smallest absolute Gasteiger partial charge is 0.182 e. The molecule has 2 radical (unpaired) electrons.